The highest BCUT2D eigenvalue weighted by molar-refractivity contribution is 5.85. The third kappa shape index (κ3) is 3.62. The van der Waals surface area contributed by atoms with Gasteiger partial charge in [0.15, 0.2) is 0 Å². The Morgan fingerprint density at radius 1 is 1.35 bits per heavy atom. The highest BCUT2D eigenvalue weighted by atomic mass is 35.5. The van der Waals surface area contributed by atoms with Crippen molar-refractivity contribution in [3.63, 3.8) is 0 Å². The molecule has 1 atom stereocenters. The van der Waals surface area contributed by atoms with Crippen molar-refractivity contribution in [1.29, 1.82) is 0 Å². The molecule has 0 aromatic heterocycles. The van der Waals surface area contributed by atoms with Gasteiger partial charge in [0.2, 0.25) is 0 Å². The van der Waals surface area contributed by atoms with Crippen LogP contribution in [0.25, 0.3) is 0 Å². The minimum atomic E-state index is 0. The van der Waals surface area contributed by atoms with Crippen LogP contribution in [0.1, 0.15) is 38.2 Å². The standard InChI is InChI=1S/C14H21NO.ClH/c1-11(2)15-8-4-6-13(10-15)12-5-3-7-14(16)9-12;/h3,5,7,9,11,13,16H,4,6,8,10H2,1-2H3;1H/t13-;/m0./s1. The molecule has 0 aliphatic carbocycles. The van der Waals surface area contributed by atoms with E-state index in [2.05, 4.69) is 24.8 Å². The van der Waals surface area contributed by atoms with Crippen molar-refractivity contribution in [2.24, 2.45) is 0 Å². The summed E-state index contributed by atoms with van der Waals surface area (Å²) in [6, 6.07) is 8.36. The van der Waals surface area contributed by atoms with Crippen molar-refractivity contribution in [1.82, 2.24) is 4.90 Å². The molecule has 1 aliphatic rings. The molecule has 1 aromatic carbocycles. The van der Waals surface area contributed by atoms with E-state index in [0.29, 0.717) is 17.7 Å². The van der Waals surface area contributed by atoms with Crippen molar-refractivity contribution in [2.45, 2.75) is 38.6 Å². The number of phenolic OH excluding ortho intramolecular Hbond substituents is 1. The van der Waals surface area contributed by atoms with Crippen LogP contribution >= 0.6 is 12.4 Å². The predicted molar refractivity (Wildman–Crippen MR) is 74.0 cm³/mol. The van der Waals surface area contributed by atoms with E-state index in [1.807, 2.05) is 12.1 Å². The van der Waals surface area contributed by atoms with Gasteiger partial charge in [-0.1, -0.05) is 12.1 Å². The lowest BCUT2D eigenvalue weighted by Gasteiger charge is -2.35. The smallest absolute Gasteiger partial charge is 0.115 e. The SMILES string of the molecule is CC(C)N1CCC[C@H](c2cccc(O)c2)C1.Cl. The van der Waals surface area contributed by atoms with Crippen LogP contribution in [0.5, 0.6) is 5.75 Å². The van der Waals surface area contributed by atoms with Crippen molar-refractivity contribution < 1.29 is 5.11 Å². The molecule has 1 N–H and O–H groups in total. The molecule has 0 spiro atoms. The highest BCUT2D eigenvalue weighted by Gasteiger charge is 2.22. The Balaban J connectivity index is 0.00000144. The lowest BCUT2D eigenvalue weighted by molar-refractivity contribution is 0.167. The normalized spacial score (nSPS) is 21.2. The molecule has 3 heteroatoms. The molecule has 17 heavy (non-hydrogen) atoms. The number of rotatable bonds is 2. The molecule has 1 saturated heterocycles. The van der Waals surface area contributed by atoms with Gasteiger partial charge in [-0.2, -0.15) is 0 Å². The summed E-state index contributed by atoms with van der Waals surface area (Å²) in [6.45, 7) is 6.85. The van der Waals surface area contributed by atoms with Crippen molar-refractivity contribution in [3.05, 3.63) is 29.8 Å². The van der Waals surface area contributed by atoms with E-state index in [-0.39, 0.29) is 12.4 Å². The second kappa shape index (κ2) is 6.27. The summed E-state index contributed by atoms with van der Waals surface area (Å²) in [5.41, 5.74) is 1.28. The third-order valence-electron chi connectivity index (χ3n) is 3.52. The van der Waals surface area contributed by atoms with Gasteiger partial charge in [-0.25, -0.2) is 0 Å². The first kappa shape index (κ1) is 14.3. The molecule has 1 aromatic rings. The molecule has 0 amide bonds. The van der Waals surface area contributed by atoms with Gasteiger partial charge in [-0.05, 0) is 56.8 Å². The van der Waals surface area contributed by atoms with Crippen LogP contribution in [0.15, 0.2) is 24.3 Å². The average Bonchev–Trinajstić information content (AvgIpc) is 2.29. The van der Waals surface area contributed by atoms with Crippen molar-refractivity contribution >= 4 is 12.4 Å². The number of hydrogen-bond donors (Lipinski definition) is 1. The summed E-state index contributed by atoms with van der Waals surface area (Å²) in [5, 5.41) is 9.51. The fourth-order valence-electron chi connectivity index (χ4n) is 2.53. The van der Waals surface area contributed by atoms with Gasteiger partial charge < -0.3 is 10.0 Å². The van der Waals surface area contributed by atoms with Crippen LogP contribution < -0.4 is 0 Å². The van der Waals surface area contributed by atoms with E-state index in [4.69, 9.17) is 0 Å². The first-order valence-electron chi connectivity index (χ1n) is 6.20. The molecule has 1 heterocycles. The summed E-state index contributed by atoms with van der Waals surface area (Å²) in [4.78, 5) is 2.53. The van der Waals surface area contributed by atoms with Crippen LogP contribution in [0.2, 0.25) is 0 Å². The molecular weight excluding hydrogens is 234 g/mol. The van der Waals surface area contributed by atoms with E-state index in [9.17, 15) is 5.11 Å². The van der Waals surface area contributed by atoms with Gasteiger partial charge in [-0.15, -0.1) is 12.4 Å². The van der Waals surface area contributed by atoms with Crippen LogP contribution in [0.4, 0.5) is 0 Å². The minimum Gasteiger partial charge on any atom is -0.508 e. The molecular formula is C14H22ClNO. The fraction of sp³-hybridized carbons (Fsp3) is 0.571. The van der Waals surface area contributed by atoms with E-state index in [0.717, 1.165) is 6.54 Å². The topological polar surface area (TPSA) is 23.5 Å². The number of hydrogen-bond acceptors (Lipinski definition) is 2. The third-order valence-corrected chi connectivity index (χ3v) is 3.52. The second-order valence-electron chi connectivity index (χ2n) is 5.02. The number of nitrogens with zero attached hydrogens (tertiary/aromatic N) is 1. The Hall–Kier alpha value is -0.730. The fourth-order valence-corrected chi connectivity index (χ4v) is 2.53. The molecule has 0 radical (unpaired) electrons. The quantitative estimate of drug-likeness (QED) is 0.876. The number of likely N-dealkylation sites (tertiary alicyclic amines) is 1. The molecule has 1 aliphatic heterocycles. The van der Waals surface area contributed by atoms with Gasteiger partial charge in [0.25, 0.3) is 0 Å². The molecule has 96 valence electrons. The maximum absolute atomic E-state index is 9.51. The minimum absolute atomic E-state index is 0. The summed E-state index contributed by atoms with van der Waals surface area (Å²) >= 11 is 0. The summed E-state index contributed by atoms with van der Waals surface area (Å²) in [6.07, 6.45) is 2.51. The second-order valence-corrected chi connectivity index (χ2v) is 5.02. The number of phenols is 1. The molecule has 0 unspecified atom stereocenters. The maximum Gasteiger partial charge on any atom is 0.115 e. The Bertz CT molecular complexity index is 354. The average molecular weight is 256 g/mol. The van der Waals surface area contributed by atoms with Gasteiger partial charge in [0.05, 0.1) is 0 Å². The Labute approximate surface area is 110 Å². The van der Waals surface area contributed by atoms with Gasteiger partial charge in [-0.3, -0.25) is 0 Å². The molecule has 1 fully saturated rings. The van der Waals surface area contributed by atoms with Gasteiger partial charge in [0.1, 0.15) is 5.75 Å². The predicted octanol–water partition coefficient (Wildman–Crippen LogP) is 3.40. The summed E-state index contributed by atoms with van der Waals surface area (Å²) in [7, 11) is 0. The largest absolute Gasteiger partial charge is 0.508 e. The number of halogens is 1. The number of piperidine rings is 1. The van der Waals surface area contributed by atoms with E-state index in [1.54, 1.807) is 6.07 Å². The summed E-state index contributed by atoms with van der Waals surface area (Å²) in [5.74, 6) is 0.974. The van der Waals surface area contributed by atoms with Crippen LogP contribution in [-0.2, 0) is 0 Å². The molecule has 0 saturated carbocycles. The molecule has 2 nitrogen and oxygen atoms in total. The van der Waals surface area contributed by atoms with Crippen LogP contribution in [-0.4, -0.2) is 29.1 Å². The van der Waals surface area contributed by atoms with Gasteiger partial charge in [0, 0.05) is 12.6 Å². The van der Waals surface area contributed by atoms with E-state index < -0.39 is 0 Å². The zero-order valence-corrected chi connectivity index (χ0v) is 11.4. The summed E-state index contributed by atoms with van der Waals surface area (Å²) < 4.78 is 0. The zero-order chi connectivity index (χ0) is 11.5. The van der Waals surface area contributed by atoms with Crippen molar-refractivity contribution in [2.75, 3.05) is 13.1 Å². The zero-order valence-electron chi connectivity index (χ0n) is 10.6. The first-order chi connectivity index (χ1) is 7.66. The van der Waals surface area contributed by atoms with Crippen LogP contribution in [0.3, 0.4) is 0 Å². The molecule has 2 rings (SSSR count). The Morgan fingerprint density at radius 3 is 2.76 bits per heavy atom. The van der Waals surface area contributed by atoms with Crippen LogP contribution in [0, 0.1) is 0 Å². The number of benzene rings is 1. The first-order valence-corrected chi connectivity index (χ1v) is 6.20. The highest BCUT2D eigenvalue weighted by Crippen LogP contribution is 2.29. The van der Waals surface area contributed by atoms with Crippen molar-refractivity contribution in [3.8, 4) is 5.75 Å². The number of aromatic hydroxyl groups is 1. The van der Waals surface area contributed by atoms with E-state index in [1.165, 1.54) is 24.9 Å². The Morgan fingerprint density at radius 2 is 2.12 bits per heavy atom. The molecule has 0 bridgehead atoms. The maximum atomic E-state index is 9.51. The lowest BCUT2D eigenvalue weighted by atomic mass is 9.90. The monoisotopic (exact) mass is 255 g/mol. The lowest BCUT2D eigenvalue weighted by Crippen LogP contribution is -2.39. The van der Waals surface area contributed by atoms with E-state index >= 15 is 0 Å². The Kier molecular flexibility index (Phi) is 5.29. The van der Waals surface area contributed by atoms with Gasteiger partial charge >= 0.3 is 0 Å².